The van der Waals surface area contributed by atoms with Gasteiger partial charge in [-0.3, -0.25) is 0 Å². The van der Waals surface area contributed by atoms with Gasteiger partial charge in [0.15, 0.2) is 5.82 Å². The van der Waals surface area contributed by atoms with Crippen molar-refractivity contribution in [3.63, 3.8) is 0 Å². The Bertz CT molecular complexity index is 275. The van der Waals surface area contributed by atoms with E-state index in [0.717, 1.165) is 6.54 Å². The summed E-state index contributed by atoms with van der Waals surface area (Å²) in [6.45, 7) is 1.38. The Morgan fingerprint density at radius 3 is 3.27 bits per heavy atom. The first kappa shape index (κ1) is 6.21. The summed E-state index contributed by atoms with van der Waals surface area (Å²) in [6, 6.07) is 0. The number of ether oxygens (including phenoxy) is 1. The van der Waals surface area contributed by atoms with Crippen molar-refractivity contribution in [2.75, 3.05) is 24.2 Å². The van der Waals surface area contributed by atoms with Crippen LogP contribution in [0.1, 0.15) is 0 Å². The molecule has 0 saturated carbocycles. The summed E-state index contributed by atoms with van der Waals surface area (Å²) in [6.07, 6.45) is 1.39. The van der Waals surface area contributed by atoms with E-state index in [9.17, 15) is 0 Å². The largest absolute Gasteiger partial charge is 0.474 e. The summed E-state index contributed by atoms with van der Waals surface area (Å²) in [7, 11) is 0. The maximum atomic E-state index is 5.55. The second-order valence-electron chi connectivity index (χ2n) is 2.21. The van der Waals surface area contributed by atoms with Gasteiger partial charge in [-0.1, -0.05) is 0 Å². The minimum absolute atomic E-state index is 0.440. The molecule has 3 N–H and O–H groups in total. The van der Waals surface area contributed by atoms with E-state index in [4.69, 9.17) is 10.5 Å². The Hall–Kier alpha value is -1.52. The van der Waals surface area contributed by atoms with Crippen LogP contribution in [0.25, 0.3) is 0 Å². The molecule has 1 aliphatic heterocycles. The molecule has 2 rings (SSSR count). The van der Waals surface area contributed by atoms with Crippen LogP contribution in [-0.2, 0) is 0 Å². The number of nitrogens with zero attached hydrogens (tertiary/aromatic N) is 2. The van der Waals surface area contributed by atoms with Gasteiger partial charge in [0, 0.05) is 6.54 Å². The first-order valence-electron chi connectivity index (χ1n) is 3.35. The highest BCUT2D eigenvalue weighted by Gasteiger charge is 2.13. The van der Waals surface area contributed by atoms with Gasteiger partial charge in [-0.25, -0.2) is 4.98 Å². The van der Waals surface area contributed by atoms with Crippen molar-refractivity contribution in [2.24, 2.45) is 0 Å². The Balaban J connectivity index is 2.49. The van der Waals surface area contributed by atoms with Gasteiger partial charge in [-0.2, -0.15) is 4.98 Å². The topological polar surface area (TPSA) is 73.1 Å². The van der Waals surface area contributed by atoms with E-state index < -0.39 is 0 Å². The van der Waals surface area contributed by atoms with Gasteiger partial charge in [0.2, 0.25) is 5.88 Å². The first-order chi connectivity index (χ1) is 5.38. The lowest BCUT2D eigenvalue weighted by molar-refractivity contribution is 0.310. The molecule has 0 bridgehead atoms. The fraction of sp³-hybridized carbons (Fsp3) is 0.333. The van der Waals surface area contributed by atoms with Crippen LogP contribution < -0.4 is 15.8 Å². The Morgan fingerprint density at radius 2 is 2.45 bits per heavy atom. The van der Waals surface area contributed by atoms with E-state index in [1.165, 1.54) is 6.33 Å². The molecule has 0 atom stereocenters. The lowest BCUT2D eigenvalue weighted by Crippen LogP contribution is -2.20. The van der Waals surface area contributed by atoms with Crippen LogP contribution in [0.5, 0.6) is 5.88 Å². The molecular weight excluding hydrogens is 144 g/mol. The molecule has 2 heterocycles. The molecular formula is C6H8N4O. The average Bonchev–Trinajstić information content (AvgIpc) is 2.06. The monoisotopic (exact) mass is 152 g/mol. The van der Waals surface area contributed by atoms with Crippen molar-refractivity contribution in [1.82, 2.24) is 9.97 Å². The van der Waals surface area contributed by atoms with E-state index in [-0.39, 0.29) is 0 Å². The molecule has 0 saturated heterocycles. The molecule has 0 amide bonds. The quantitative estimate of drug-likeness (QED) is 0.541. The van der Waals surface area contributed by atoms with Crippen LogP contribution in [0.3, 0.4) is 0 Å². The number of anilines is 2. The van der Waals surface area contributed by atoms with Crippen molar-refractivity contribution >= 4 is 11.5 Å². The van der Waals surface area contributed by atoms with Crippen LogP contribution in [0.4, 0.5) is 11.5 Å². The molecule has 0 unspecified atom stereocenters. The summed E-state index contributed by atoms with van der Waals surface area (Å²) in [5.74, 6) is 0.985. The molecule has 0 fully saturated rings. The fourth-order valence-electron chi connectivity index (χ4n) is 0.982. The third kappa shape index (κ3) is 0.938. The van der Waals surface area contributed by atoms with Gasteiger partial charge >= 0.3 is 0 Å². The predicted molar refractivity (Wildman–Crippen MR) is 40.4 cm³/mol. The van der Waals surface area contributed by atoms with Gasteiger partial charge in [-0.15, -0.1) is 0 Å². The molecule has 0 aromatic carbocycles. The fourth-order valence-corrected chi connectivity index (χ4v) is 0.982. The maximum absolute atomic E-state index is 5.55. The van der Waals surface area contributed by atoms with Crippen LogP contribution in [-0.4, -0.2) is 23.1 Å². The van der Waals surface area contributed by atoms with Gasteiger partial charge in [0.25, 0.3) is 0 Å². The summed E-state index contributed by atoms with van der Waals surface area (Å²) in [4.78, 5) is 7.72. The van der Waals surface area contributed by atoms with E-state index in [1.54, 1.807) is 0 Å². The van der Waals surface area contributed by atoms with E-state index in [0.29, 0.717) is 24.0 Å². The standard InChI is InChI=1S/C6H8N4O/c7-5-4-6(10-3-9-5)11-2-1-8-4/h3,8H,1-2H2,(H2,7,9,10). The zero-order valence-corrected chi connectivity index (χ0v) is 5.87. The molecule has 58 valence electrons. The molecule has 5 heteroatoms. The van der Waals surface area contributed by atoms with Gasteiger partial charge in [0.1, 0.15) is 18.6 Å². The SMILES string of the molecule is Nc1ncnc2c1NCCO2. The zero-order valence-electron chi connectivity index (χ0n) is 5.87. The third-order valence-electron chi connectivity index (χ3n) is 1.48. The van der Waals surface area contributed by atoms with Crippen LogP contribution in [0.15, 0.2) is 6.33 Å². The van der Waals surface area contributed by atoms with Crippen molar-refractivity contribution in [1.29, 1.82) is 0 Å². The Labute approximate surface area is 63.6 Å². The van der Waals surface area contributed by atoms with E-state index >= 15 is 0 Å². The number of aromatic nitrogens is 2. The number of nitrogens with two attached hydrogens (primary N) is 1. The number of nitrogen functional groups attached to an aromatic ring is 1. The third-order valence-corrected chi connectivity index (χ3v) is 1.48. The average molecular weight is 152 g/mol. The number of nitrogens with one attached hydrogen (secondary N) is 1. The van der Waals surface area contributed by atoms with Crippen molar-refractivity contribution in [3.8, 4) is 5.88 Å². The normalized spacial score (nSPS) is 14.5. The highest BCUT2D eigenvalue weighted by atomic mass is 16.5. The molecule has 0 radical (unpaired) electrons. The van der Waals surface area contributed by atoms with Gasteiger partial charge in [-0.05, 0) is 0 Å². The number of hydrogen-bond donors (Lipinski definition) is 2. The van der Waals surface area contributed by atoms with Crippen LogP contribution in [0, 0.1) is 0 Å². The highest BCUT2D eigenvalue weighted by Crippen LogP contribution is 2.27. The summed E-state index contributed by atoms with van der Waals surface area (Å²) < 4.78 is 5.21. The van der Waals surface area contributed by atoms with Gasteiger partial charge in [0.05, 0.1) is 0 Å². The van der Waals surface area contributed by atoms with Crippen molar-refractivity contribution in [2.45, 2.75) is 0 Å². The van der Waals surface area contributed by atoms with Crippen molar-refractivity contribution < 1.29 is 4.74 Å². The molecule has 11 heavy (non-hydrogen) atoms. The minimum Gasteiger partial charge on any atom is -0.474 e. The predicted octanol–water partition coefficient (Wildman–Crippen LogP) is -0.137. The Morgan fingerprint density at radius 1 is 1.55 bits per heavy atom. The summed E-state index contributed by atoms with van der Waals surface area (Å²) >= 11 is 0. The van der Waals surface area contributed by atoms with E-state index in [1.807, 2.05) is 0 Å². The smallest absolute Gasteiger partial charge is 0.242 e. The summed E-state index contributed by atoms with van der Waals surface area (Å²) in [5.41, 5.74) is 6.25. The molecule has 0 spiro atoms. The number of rotatable bonds is 0. The minimum atomic E-state index is 0.440. The number of fused-ring (bicyclic) bond motifs is 1. The van der Waals surface area contributed by atoms with E-state index in [2.05, 4.69) is 15.3 Å². The van der Waals surface area contributed by atoms with Gasteiger partial charge < -0.3 is 15.8 Å². The molecule has 1 aromatic rings. The molecule has 0 aliphatic carbocycles. The zero-order chi connectivity index (χ0) is 7.68. The Kier molecular flexibility index (Phi) is 1.28. The summed E-state index contributed by atoms with van der Waals surface area (Å²) in [5, 5.41) is 3.06. The maximum Gasteiger partial charge on any atom is 0.242 e. The number of hydrogen-bond acceptors (Lipinski definition) is 5. The molecule has 5 nitrogen and oxygen atoms in total. The van der Waals surface area contributed by atoms with Crippen molar-refractivity contribution in [3.05, 3.63) is 6.33 Å². The molecule has 1 aliphatic rings. The second-order valence-corrected chi connectivity index (χ2v) is 2.21. The molecule has 1 aromatic heterocycles. The lowest BCUT2D eigenvalue weighted by Gasteiger charge is -2.17. The second kappa shape index (κ2) is 2.26. The van der Waals surface area contributed by atoms with Crippen LogP contribution in [0.2, 0.25) is 0 Å². The van der Waals surface area contributed by atoms with Crippen LogP contribution >= 0.6 is 0 Å². The first-order valence-corrected chi connectivity index (χ1v) is 3.35. The lowest BCUT2D eigenvalue weighted by atomic mass is 10.4. The highest BCUT2D eigenvalue weighted by molar-refractivity contribution is 5.68.